The van der Waals surface area contributed by atoms with Crippen LogP contribution in [0.2, 0.25) is 0 Å². The second-order valence-corrected chi connectivity index (χ2v) is 9.76. The van der Waals surface area contributed by atoms with Gasteiger partial charge in [0.25, 0.3) is 0 Å². The van der Waals surface area contributed by atoms with Crippen LogP contribution in [0.15, 0.2) is 66.5 Å². The zero-order valence-electron chi connectivity index (χ0n) is 20.3. The van der Waals surface area contributed by atoms with Crippen LogP contribution in [0.25, 0.3) is 27.8 Å². The molecule has 0 amide bonds. The lowest BCUT2D eigenvalue weighted by atomic mass is 9.99. The van der Waals surface area contributed by atoms with Gasteiger partial charge >= 0.3 is 0 Å². The number of likely N-dealkylation sites (tertiary alicyclic amines) is 1. The van der Waals surface area contributed by atoms with Crippen LogP contribution in [0.1, 0.15) is 30.5 Å². The highest BCUT2D eigenvalue weighted by atomic mass is 15.3. The summed E-state index contributed by atoms with van der Waals surface area (Å²) in [6.45, 7) is 4.98. The number of fused-ring (bicyclic) bond motifs is 1. The summed E-state index contributed by atoms with van der Waals surface area (Å²) in [6, 6.07) is 8.61. The van der Waals surface area contributed by atoms with Crippen LogP contribution in [0.4, 0.5) is 0 Å². The molecule has 1 saturated heterocycles. The molecule has 1 N–H and O–H groups in total. The van der Waals surface area contributed by atoms with Gasteiger partial charge in [0.15, 0.2) is 0 Å². The highest BCUT2D eigenvalue weighted by molar-refractivity contribution is 5.87. The van der Waals surface area contributed by atoms with Crippen molar-refractivity contribution in [2.75, 3.05) is 19.6 Å². The van der Waals surface area contributed by atoms with Gasteiger partial charge in [0, 0.05) is 78.8 Å². The van der Waals surface area contributed by atoms with Gasteiger partial charge in [-0.2, -0.15) is 15.5 Å². The Kier molecular flexibility index (Phi) is 5.38. The first-order chi connectivity index (χ1) is 17.5. The summed E-state index contributed by atoms with van der Waals surface area (Å²) >= 11 is 0. The van der Waals surface area contributed by atoms with E-state index in [-0.39, 0.29) is 5.66 Å². The average molecular weight is 478 g/mol. The van der Waals surface area contributed by atoms with Gasteiger partial charge in [0.2, 0.25) is 0 Å². The van der Waals surface area contributed by atoms with Gasteiger partial charge in [0.1, 0.15) is 11.7 Å². The van der Waals surface area contributed by atoms with E-state index in [0.717, 1.165) is 59.5 Å². The molecule has 6 rings (SSSR count). The van der Waals surface area contributed by atoms with E-state index in [2.05, 4.69) is 56.6 Å². The third-order valence-electron chi connectivity index (χ3n) is 7.03. The van der Waals surface area contributed by atoms with Crippen LogP contribution < -0.4 is 5.32 Å². The van der Waals surface area contributed by atoms with Gasteiger partial charge < -0.3 is 5.32 Å². The maximum atomic E-state index is 9.68. The minimum absolute atomic E-state index is 0.282. The molecule has 6 heterocycles. The molecule has 9 heteroatoms. The molecule has 0 saturated carbocycles. The van der Waals surface area contributed by atoms with Crippen molar-refractivity contribution in [2.24, 2.45) is 12.0 Å². The summed E-state index contributed by atoms with van der Waals surface area (Å²) in [7, 11) is 1.90. The van der Waals surface area contributed by atoms with E-state index in [1.165, 1.54) is 0 Å². The van der Waals surface area contributed by atoms with Crippen LogP contribution in [0, 0.1) is 11.3 Å². The third-order valence-corrected chi connectivity index (χ3v) is 7.03. The number of pyridine rings is 2. The van der Waals surface area contributed by atoms with E-state index in [1.54, 1.807) is 15.4 Å². The minimum atomic E-state index is -0.282. The summed E-state index contributed by atoms with van der Waals surface area (Å²) in [5, 5.41) is 21.8. The Morgan fingerprint density at radius 2 is 2.06 bits per heavy atom. The SMILES string of the molecule is Cn1cc(-c2cc(-c3ccc(C4CCN(CC5(C)N=CC=CN5)C4)nc3)c3c(C#N)cnn3c2)cn1. The molecule has 4 aromatic rings. The smallest absolute Gasteiger partial charge is 0.139 e. The van der Waals surface area contributed by atoms with Gasteiger partial charge in [-0.15, -0.1) is 0 Å². The lowest BCUT2D eigenvalue weighted by molar-refractivity contribution is 0.240. The average Bonchev–Trinajstić information content (AvgIpc) is 3.63. The van der Waals surface area contributed by atoms with Gasteiger partial charge in [0.05, 0.1) is 23.5 Å². The van der Waals surface area contributed by atoms with Crippen molar-refractivity contribution in [3.63, 3.8) is 0 Å². The molecule has 0 spiro atoms. The third kappa shape index (κ3) is 4.06. The predicted octanol–water partition coefficient (Wildman–Crippen LogP) is 3.36. The summed E-state index contributed by atoms with van der Waals surface area (Å²) in [6.07, 6.45) is 16.1. The van der Waals surface area contributed by atoms with Gasteiger partial charge in [-0.05, 0) is 44.3 Å². The van der Waals surface area contributed by atoms with Crippen LogP contribution in [0.5, 0.6) is 0 Å². The topological polar surface area (TPSA) is 99.4 Å². The Morgan fingerprint density at radius 3 is 2.78 bits per heavy atom. The van der Waals surface area contributed by atoms with Gasteiger partial charge in [-0.1, -0.05) is 6.07 Å². The van der Waals surface area contributed by atoms with Crippen LogP contribution in [-0.2, 0) is 7.05 Å². The number of aliphatic imine (C=N–C) groups is 1. The number of aromatic nitrogens is 5. The van der Waals surface area contributed by atoms with Crippen molar-refractivity contribution >= 4 is 11.7 Å². The van der Waals surface area contributed by atoms with Crippen LogP contribution in [-0.4, -0.2) is 60.8 Å². The van der Waals surface area contributed by atoms with Gasteiger partial charge in [-0.25, -0.2) is 4.52 Å². The Balaban J connectivity index is 1.28. The fourth-order valence-electron chi connectivity index (χ4n) is 5.21. The number of hydrogen-bond acceptors (Lipinski definition) is 7. The maximum absolute atomic E-state index is 9.68. The molecule has 4 aromatic heterocycles. The number of allylic oxidation sites excluding steroid dienone is 1. The standard InChI is InChI=1S/C27H27N9/c1-27(30-7-3-8-31-27)18-35-9-6-20(16-35)25-5-4-19(12-29-25)24-10-21(23-14-32-34(2)15-23)17-36-26(24)22(11-28)13-33-36/h3-5,7-8,10,12-15,17,20,30H,6,9,16,18H2,1-2H3. The van der Waals surface area contributed by atoms with E-state index in [1.807, 2.05) is 50.3 Å². The highest BCUT2D eigenvalue weighted by Crippen LogP contribution is 2.33. The molecule has 2 aliphatic rings. The van der Waals surface area contributed by atoms with Crippen LogP contribution in [0.3, 0.4) is 0 Å². The quantitative estimate of drug-likeness (QED) is 0.473. The molecule has 0 aliphatic carbocycles. The van der Waals surface area contributed by atoms with E-state index < -0.39 is 0 Å². The second-order valence-electron chi connectivity index (χ2n) is 9.76. The van der Waals surface area contributed by atoms with Crippen molar-refractivity contribution in [1.29, 1.82) is 5.26 Å². The number of nitriles is 1. The van der Waals surface area contributed by atoms with Crippen molar-refractivity contribution < 1.29 is 0 Å². The summed E-state index contributed by atoms with van der Waals surface area (Å²) in [5.74, 6) is 0.386. The normalized spacial score (nSPS) is 21.6. The number of nitrogens with one attached hydrogen (secondary N) is 1. The molecule has 2 aliphatic heterocycles. The molecule has 36 heavy (non-hydrogen) atoms. The summed E-state index contributed by atoms with van der Waals surface area (Å²) < 4.78 is 3.55. The first kappa shape index (κ1) is 22.2. The minimum Gasteiger partial charge on any atom is -0.367 e. The second kappa shape index (κ2) is 8.73. The van der Waals surface area contributed by atoms with E-state index in [9.17, 15) is 5.26 Å². The molecular formula is C27H27N9. The Labute approximate surface area is 209 Å². The first-order valence-electron chi connectivity index (χ1n) is 12.1. The van der Waals surface area contributed by atoms with E-state index >= 15 is 0 Å². The summed E-state index contributed by atoms with van der Waals surface area (Å²) in [4.78, 5) is 11.9. The van der Waals surface area contributed by atoms with Crippen LogP contribution >= 0.6 is 0 Å². The molecule has 180 valence electrons. The number of rotatable bonds is 5. The largest absolute Gasteiger partial charge is 0.367 e. The highest BCUT2D eigenvalue weighted by Gasteiger charge is 2.31. The van der Waals surface area contributed by atoms with Crippen molar-refractivity contribution in [1.82, 2.24) is 34.6 Å². The Bertz CT molecular complexity index is 1520. The lowest BCUT2D eigenvalue weighted by Gasteiger charge is -2.32. The lowest BCUT2D eigenvalue weighted by Crippen LogP contribution is -2.48. The van der Waals surface area contributed by atoms with Crippen molar-refractivity contribution in [3.05, 3.63) is 72.7 Å². The first-order valence-corrected chi connectivity index (χ1v) is 12.1. The Hall–Kier alpha value is -4.29. The molecule has 9 nitrogen and oxygen atoms in total. The number of hydrogen-bond donors (Lipinski definition) is 1. The fraction of sp³-hybridized carbons (Fsp3) is 0.296. The molecule has 2 unspecified atom stereocenters. The molecular weight excluding hydrogens is 450 g/mol. The molecule has 1 fully saturated rings. The molecule has 2 atom stereocenters. The monoisotopic (exact) mass is 477 g/mol. The van der Waals surface area contributed by atoms with Crippen molar-refractivity contribution in [2.45, 2.75) is 24.9 Å². The van der Waals surface area contributed by atoms with E-state index in [4.69, 9.17) is 4.98 Å². The molecule has 0 radical (unpaired) electrons. The zero-order valence-corrected chi connectivity index (χ0v) is 20.3. The van der Waals surface area contributed by atoms with E-state index in [0.29, 0.717) is 11.5 Å². The zero-order chi connectivity index (χ0) is 24.7. The molecule has 0 bridgehead atoms. The summed E-state index contributed by atoms with van der Waals surface area (Å²) in [5.41, 5.74) is 6.01. The Morgan fingerprint density at radius 1 is 1.14 bits per heavy atom. The fourth-order valence-corrected chi connectivity index (χ4v) is 5.21. The van der Waals surface area contributed by atoms with Crippen molar-refractivity contribution in [3.8, 4) is 28.3 Å². The number of nitrogens with zero attached hydrogens (tertiary/aromatic N) is 8. The maximum Gasteiger partial charge on any atom is 0.139 e. The predicted molar refractivity (Wildman–Crippen MR) is 138 cm³/mol. The molecule has 0 aromatic carbocycles. The number of aryl methyl sites for hydroxylation is 1. The van der Waals surface area contributed by atoms with Gasteiger partial charge in [-0.3, -0.25) is 19.6 Å².